The van der Waals surface area contributed by atoms with Gasteiger partial charge in [0.15, 0.2) is 0 Å². The molecule has 1 fully saturated rings. The highest BCUT2D eigenvalue weighted by Gasteiger charge is 2.36. The molecule has 5 heteroatoms. The Bertz CT molecular complexity index is 747. The lowest BCUT2D eigenvalue weighted by Gasteiger charge is -2.11. The first-order chi connectivity index (χ1) is 12.1. The van der Waals surface area contributed by atoms with Crippen LogP contribution < -0.4 is 10.1 Å². The molecule has 132 valence electrons. The molecule has 25 heavy (non-hydrogen) atoms. The average molecular weight is 341 g/mol. The van der Waals surface area contributed by atoms with Crippen LogP contribution in [-0.2, 0) is 4.79 Å². The quantitative estimate of drug-likeness (QED) is 0.758. The van der Waals surface area contributed by atoms with Gasteiger partial charge in [-0.25, -0.2) is 0 Å². The highest BCUT2D eigenvalue weighted by atomic mass is 16.5. The van der Waals surface area contributed by atoms with E-state index in [9.17, 15) is 9.90 Å². The molecule has 0 radical (unpaired) electrons. The molecule has 2 aromatic rings. The highest BCUT2D eigenvalue weighted by molar-refractivity contribution is 5.91. The van der Waals surface area contributed by atoms with E-state index in [2.05, 4.69) is 12.2 Å². The molecular weight excluding hydrogens is 318 g/mol. The molecule has 1 aliphatic carbocycles. The number of carbonyl (C=O) groups is 1. The number of rotatable bonds is 7. The van der Waals surface area contributed by atoms with Crippen molar-refractivity contribution in [2.45, 2.75) is 25.4 Å². The summed E-state index contributed by atoms with van der Waals surface area (Å²) in [5.41, 5.74) is 0.722. The molecule has 0 saturated heterocycles. The number of hydrogen-bond donors (Lipinski definition) is 2. The van der Waals surface area contributed by atoms with Crippen molar-refractivity contribution in [3.63, 3.8) is 0 Å². The van der Waals surface area contributed by atoms with E-state index in [1.54, 1.807) is 37.5 Å². The van der Waals surface area contributed by atoms with Crippen LogP contribution in [0.4, 0.5) is 0 Å². The molecule has 5 nitrogen and oxygen atoms in total. The third-order valence-corrected chi connectivity index (χ3v) is 4.49. The average Bonchev–Trinajstić information content (AvgIpc) is 3.18. The van der Waals surface area contributed by atoms with Gasteiger partial charge in [0, 0.05) is 18.5 Å². The molecule has 3 rings (SSSR count). The molecule has 2 N–H and O–H groups in total. The van der Waals surface area contributed by atoms with Crippen LogP contribution in [0.15, 0.2) is 46.9 Å². The van der Waals surface area contributed by atoms with Gasteiger partial charge in [0.2, 0.25) is 5.91 Å². The summed E-state index contributed by atoms with van der Waals surface area (Å²) < 4.78 is 10.8. The second kappa shape index (κ2) is 7.57. The number of carbonyl (C=O) groups excluding carboxylic acids is 1. The van der Waals surface area contributed by atoms with Gasteiger partial charge in [-0.2, -0.15) is 0 Å². The fourth-order valence-electron chi connectivity index (χ4n) is 2.73. The standard InChI is InChI=1S/C20H23NO4/c1-13-11-17(13)19-9-7-16(25-19)8-10-20(23)21-12-18(22)14-3-5-15(24-2)6-4-14/h3-10,13,17-18,22H,11-12H2,1-2H3,(H,21,23)/b10-8+. The summed E-state index contributed by atoms with van der Waals surface area (Å²) in [5.74, 6) is 3.32. The molecule has 1 saturated carbocycles. The smallest absolute Gasteiger partial charge is 0.244 e. The number of amides is 1. The van der Waals surface area contributed by atoms with Crippen molar-refractivity contribution in [2.75, 3.05) is 13.7 Å². The Morgan fingerprint density at radius 3 is 2.72 bits per heavy atom. The number of aliphatic hydroxyl groups is 1. The van der Waals surface area contributed by atoms with Gasteiger partial charge in [-0.15, -0.1) is 0 Å². The van der Waals surface area contributed by atoms with E-state index < -0.39 is 6.10 Å². The van der Waals surface area contributed by atoms with E-state index in [0.29, 0.717) is 17.6 Å². The Kier molecular flexibility index (Phi) is 5.24. The lowest BCUT2D eigenvalue weighted by molar-refractivity contribution is -0.116. The fraction of sp³-hybridized carbons (Fsp3) is 0.350. The van der Waals surface area contributed by atoms with Crippen LogP contribution in [-0.4, -0.2) is 24.7 Å². The third kappa shape index (κ3) is 4.51. The van der Waals surface area contributed by atoms with Crippen LogP contribution in [0.25, 0.3) is 6.08 Å². The molecule has 1 aliphatic rings. The van der Waals surface area contributed by atoms with Crippen molar-refractivity contribution in [3.05, 3.63) is 59.6 Å². The summed E-state index contributed by atoms with van der Waals surface area (Å²) in [6.45, 7) is 2.34. The molecule has 1 amide bonds. The maximum absolute atomic E-state index is 11.9. The summed E-state index contributed by atoms with van der Waals surface area (Å²) in [4.78, 5) is 11.9. The zero-order chi connectivity index (χ0) is 17.8. The van der Waals surface area contributed by atoms with E-state index in [0.717, 1.165) is 17.1 Å². The molecule has 1 aromatic carbocycles. The van der Waals surface area contributed by atoms with Crippen molar-refractivity contribution >= 4 is 12.0 Å². The third-order valence-electron chi connectivity index (χ3n) is 4.49. The highest BCUT2D eigenvalue weighted by Crippen LogP contribution is 2.47. The summed E-state index contributed by atoms with van der Waals surface area (Å²) in [6, 6.07) is 10.9. The number of hydrogen-bond acceptors (Lipinski definition) is 4. The summed E-state index contributed by atoms with van der Waals surface area (Å²) in [5, 5.41) is 12.8. The predicted molar refractivity (Wildman–Crippen MR) is 95.2 cm³/mol. The first kappa shape index (κ1) is 17.3. The van der Waals surface area contributed by atoms with E-state index in [1.165, 1.54) is 12.5 Å². The van der Waals surface area contributed by atoms with E-state index in [1.807, 2.05) is 12.1 Å². The van der Waals surface area contributed by atoms with Crippen LogP contribution in [0, 0.1) is 5.92 Å². The SMILES string of the molecule is COc1ccc(C(O)CNC(=O)/C=C/c2ccc(C3CC3C)o2)cc1. The molecule has 3 atom stereocenters. The number of aliphatic hydroxyl groups excluding tert-OH is 1. The summed E-state index contributed by atoms with van der Waals surface area (Å²) in [7, 11) is 1.59. The Labute approximate surface area is 147 Å². The maximum Gasteiger partial charge on any atom is 0.244 e. The molecule has 0 bridgehead atoms. The minimum absolute atomic E-state index is 0.137. The maximum atomic E-state index is 11.9. The van der Waals surface area contributed by atoms with Gasteiger partial charge in [-0.1, -0.05) is 19.1 Å². The topological polar surface area (TPSA) is 71.7 Å². The van der Waals surface area contributed by atoms with E-state index >= 15 is 0 Å². The van der Waals surface area contributed by atoms with Gasteiger partial charge in [-0.3, -0.25) is 4.79 Å². The van der Waals surface area contributed by atoms with Crippen molar-refractivity contribution in [2.24, 2.45) is 5.92 Å². The van der Waals surface area contributed by atoms with Gasteiger partial charge >= 0.3 is 0 Å². The van der Waals surface area contributed by atoms with Gasteiger partial charge < -0.3 is 19.6 Å². The minimum atomic E-state index is -0.769. The van der Waals surface area contributed by atoms with E-state index in [4.69, 9.17) is 9.15 Å². The second-order valence-electron chi connectivity index (χ2n) is 6.43. The van der Waals surface area contributed by atoms with E-state index in [-0.39, 0.29) is 12.5 Å². The lowest BCUT2D eigenvalue weighted by Crippen LogP contribution is -2.26. The lowest BCUT2D eigenvalue weighted by atomic mass is 10.1. The van der Waals surface area contributed by atoms with Gasteiger partial charge in [0.05, 0.1) is 13.2 Å². The Morgan fingerprint density at radius 1 is 1.36 bits per heavy atom. The number of methoxy groups -OCH3 is 1. The predicted octanol–water partition coefficient (Wildman–Crippen LogP) is 3.27. The van der Waals surface area contributed by atoms with Crippen molar-refractivity contribution < 1.29 is 19.1 Å². The van der Waals surface area contributed by atoms with Crippen LogP contribution >= 0.6 is 0 Å². The summed E-state index contributed by atoms with van der Waals surface area (Å²) in [6.07, 6.45) is 3.46. The molecule has 0 spiro atoms. The van der Waals surface area contributed by atoms with Crippen molar-refractivity contribution in [1.82, 2.24) is 5.32 Å². The van der Waals surface area contributed by atoms with Crippen LogP contribution in [0.3, 0.4) is 0 Å². The van der Waals surface area contributed by atoms with Crippen LogP contribution in [0.5, 0.6) is 5.75 Å². The largest absolute Gasteiger partial charge is 0.497 e. The number of ether oxygens (including phenoxy) is 1. The molecule has 1 heterocycles. The molecule has 0 aliphatic heterocycles. The Morgan fingerprint density at radius 2 is 2.08 bits per heavy atom. The number of furan rings is 1. The Balaban J connectivity index is 1.47. The summed E-state index contributed by atoms with van der Waals surface area (Å²) >= 11 is 0. The van der Waals surface area contributed by atoms with Crippen LogP contribution in [0.1, 0.15) is 42.5 Å². The zero-order valence-electron chi connectivity index (χ0n) is 14.4. The van der Waals surface area contributed by atoms with Crippen LogP contribution in [0.2, 0.25) is 0 Å². The minimum Gasteiger partial charge on any atom is -0.497 e. The van der Waals surface area contributed by atoms with Crippen molar-refractivity contribution in [3.8, 4) is 5.75 Å². The molecule has 3 unspecified atom stereocenters. The number of benzene rings is 1. The first-order valence-electron chi connectivity index (χ1n) is 8.44. The fourth-order valence-corrected chi connectivity index (χ4v) is 2.73. The van der Waals surface area contributed by atoms with Gasteiger partial charge in [0.1, 0.15) is 17.3 Å². The monoisotopic (exact) mass is 341 g/mol. The van der Waals surface area contributed by atoms with Gasteiger partial charge in [0.25, 0.3) is 0 Å². The zero-order valence-corrected chi connectivity index (χ0v) is 14.4. The first-order valence-corrected chi connectivity index (χ1v) is 8.44. The molecule has 1 aromatic heterocycles. The van der Waals surface area contributed by atoms with Gasteiger partial charge in [-0.05, 0) is 48.2 Å². The molecular formula is C20H23NO4. The number of nitrogens with one attached hydrogen (secondary N) is 1. The Hall–Kier alpha value is -2.53. The second-order valence-corrected chi connectivity index (χ2v) is 6.43. The normalized spacial score (nSPS) is 20.4. The van der Waals surface area contributed by atoms with Crippen molar-refractivity contribution in [1.29, 1.82) is 0 Å².